The SMILES string of the molecule is COc1cc(N)c(Cl)cc1C(=O)N[C@@H]1CC[NH2+]C[C@@H]1OC.O.O=C([O-])[C@H](O)[C@@H](O)C(=O)O. The van der Waals surface area contributed by atoms with Crippen molar-refractivity contribution in [2.75, 3.05) is 33.0 Å². The second-order valence-electron chi connectivity index (χ2n) is 6.58. The van der Waals surface area contributed by atoms with Crippen molar-refractivity contribution in [3.63, 3.8) is 0 Å². The summed E-state index contributed by atoms with van der Waals surface area (Å²) in [5.74, 6) is -3.65. The van der Waals surface area contributed by atoms with Gasteiger partial charge in [-0.1, -0.05) is 11.6 Å². The number of carbonyl (C=O) groups excluding carboxylic acids is 2. The van der Waals surface area contributed by atoms with Crippen LogP contribution in [0.1, 0.15) is 16.8 Å². The third-order valence-corrected chi connectivity index (χ3v) is 4.83. The molecule has 13 nitrogen and oxygen atoms in total. The molecule has 0 spiro atoms. The Labute approximate surface area is 188 Å². The Hall–Kier alpha value is -2.68. The number of aliphatic hydroxyl groups is 2. The van der Waals surface area contributed by atoms with Gasteiger partial charge in [0, 0.05) is 19.6 Å². The van der Waals surface area contributed by atoms with E-state index in [0.29, 0.717) is 22.0 Å². The number of anilines is 1. The smallest absolute Gasteiger partial charge is 0.335 e. The molecule has 182 valence electrons. The van der Waals surface area contributed by atoms with Crippen LogP contribution in [0.4, 0.5) is 5.69 Å². The maximum absolute atomic E-state index is 12.5. The Morgan fingerprint density at radius 2 is 1.91 bits per heavy atom. The van der Waals surface area contributed by atoms with Crippen molar-refractivity contribution in [3.05, 3.63) is 22.7 Å². The zero-order chi connectivity index (χ0) is 23.7. The first-order valence-corrected chi connectivity index (χ1v) is 9.49. The minimum Gasteiger partial charge on any atom is -0.547 e. The van der Waals surface area contributed by atoms with Gasteiger partial charge in [0.25, 0.3) is 5.91 Å². The van der Waals surface area contributed by atoms with Gasteiger partial charge in [0.15, 0.2) is 6.10 Å². The molecular formula is C18H28ClN3O10. The van der Waals surface area contributed by atoms with E-state index >= 15 is 0 Å². The first-order valence-electron chi connectivity index (χ1n) is 9.11. The summed E-state index contributed by atoms with van der Waals surface area (Å²) in [7, 11) is 3.15. The number of aliphatic carboxylic acids is 2. The Morgan fingerprint density at radius 1 is 1.28 bits per heavy atom. The number of carboxylic acid groups (broad SMARTS) is 2. The van der Waals surface area contributed by atoms with Crippen molar-refractivity contribution in [3.8, 4) is 5.75 Å². The van der Waals surface area contributed by atoms with Crippen LogP contribution in [0.3, 0.4) is 0 Å². The summed E-state index contributed by atoms with van der Waals surface area (Å²) < 4.78 is 10.6. The van der Waals surface area contributed by atoms with E-state index in [2.05, 4.69) is 10.6 Å². The number of carbonyl (C=O) groups is 3. The van der Waals surface area contributed by atoms with E-state index in [1.807, 2.05) is 0 Å². The summed E-state index contributed by atoms with van der Waals surface area (Å²) in [5, 5.41) is 39.6. The molecule has 0 aliphatic carbocycles. The summed E-state index contributed by atoms with van der Waals surface area (Å²) in [4.78, 5) is 31.9. The molecule has 0 aromatic heterocycles. The predicted octanol–water partition coefficient (Wildman–Crippen LogP) is -4.27. The van der Waals surface area contributed by atoms with Crippen LogP contribution in [0.15, 0.2) is 12.1 Å². The lowest BCUT2D eigenvalue weighted by molar-refractivity contribution is -0.670. The molecule has 1 heterocycles. The Morgan fingerprint density at radius 3 is 2.38 bits per heavy atom. The molecule has 1 amide bonds. The fraction of sp³-hybridized carbons (Fsp3) is 0.500. The standard InChI is InChI=1S/C14H20ClN3O3.C4H6O6.H2O/c1-20-12-6-10(16)9(15)5-8(12)14(19)18-11-3-4-17-7-13(11)21-2;5-1(3(7)8)2(6)4(9)10;/h5-6,11,13,17H,3-4,7,16H2,1-2H3,(H,18,19);1-2,5-6H,(H,7,8)(H,9,10);1H2/t11-,13+;1-,2-;/m11./s1. The molecule has 0 radical (unpaired) electrons. The maximum atomic E-state index is 12.5. The fourth-order valence-corrected chi connectivity index (χ4v) is 2.94. The number of aliphatic hydroxyl groups excluding tert-OH is 2. The molecule has 1 aromatic rings. The molecule has 1 aromatic carbocycles. The van der Waals surface area contributed by atoms with Crippen molar-refractivity contribution in [1.82, 2.24) is 5.32 Å². The van der Waals surface area contributed by atoms with Gasteiger partial charge in [0.05, 0.1) is 41.9 Å². The summed E-state index contributed by atoms with van der Waals surface area (Å²) in [6.45, 7) is 1.80. The van der Waals surface area contributed by atoms with Crippen LogP contribution in [0, 0.1) is 0 Å². The van der Waals surface area contributed by atoms with E-state index < -0.39 is 24.1 Å². The van der Waals surface area contributed by atoms with Crippen LogP contribution >= 0.6 is 11.6 Å². The van der Waals surface area contributed by atoms with Crippen molar-refractivity contribution in [2.45, 2.75) is 30.8 Å². The maximum Gasteiger partial charge on any atom is 0.335 e. The highest BCUT2D eigenvalue weighted by Crippen LogP contribution is 2.29. The van der Waals surface area contributed by atoms with Crippen LogP contribution in [-0.4, -0.2) is 90.3 Å². The van der Waals surface area contributed by atoms with E-state index in [-0.39, 0.29) is 23.5 Å². The summed E-state index contributed by atoms with van der Waals surface area (Å²) >= 11 is 6.00. The quantitative estimate of drug-likeness (QED) is 0.205. The number of ether oxygens (including phenoxy) is 2. The molecule has 0 saturated carbocycles. The number of nitrogens with one attached hydrogen (secondary N) is 1. The first-order chi connectivity index (χ1) is 14.5. The van der Waals surface area contributed by atoms with Crippen molar-refractivity contribution in [1.29, 1.82) is 0 Å². The summed E-state index contributed by atoms with van der Waals surface area (Å²) in [6, 6.07) is 3.06. The van der Waals surface area contributed by atoms with Crippen LogP contribution in [-0.2, 0) is 14.3 Å². The van der Waals surface area contributed by atoms with Gasteiger partial charge in [-0.15, -0.1) is 0 Å². The van der Waals surface area contributed by atoms with Gasteiger partial charge in [-0.2, -0.15) is 0 Å². The third kappa shape index (κ3) is 8.11. The highest BCUT2D eigenvalue weighted by molar-refractivity contribution is 6.33. The average Bonchev–Trinajstić information content (AvgIpc) is 2.74. The van der Waals surface area contributed by atoms with Crippen LogP contribution in [0.25, 0.3) is 0 Å². The molecule has 1 saturated heterocycles. The first kappa shape index (κ1) is 29.3. The molecule has 32 heavy (non-hydrogen) atoms. The normalized spacial score (nSPS) is 19.3. The molecule has 1 fully saturated rings. The molecule has 0 bridgehead atoms. The zero-order valence-corrected chi connectivity index (χ0v) is 18.2. The van der Waals surface area contributed by atoms with Crippen LogP contribution < -0.4 is 26.2 Å². The second kappa shape index (κ2) is 13.7. The monoisotopic (exact) mass is 481 g/mol. The topological polar surface area (TPSA) is 240 Å². The lowest BCUT2D eigenvalue weighted by Crippen LogP contribution is -2.90. The number of amides is 1. The van der Waals surface area contributed by atoms with Crippen molar-refractivity contribution < 1.29 is 55.1 Å². The van der Waals surface area contributed by atoms with Crippen molar-refractivity contribution in [2.24, 2.45) is 0 Å². The number of benzene rings is 1. The molecule has 1 aliphatic rings. The van der Waals surface area contributed by atoms with Gasteiger partial charge in [-0.25, -0.2) is 4.79 Å². The number of hydrogen-bond donors (Lipinski definition) is 6. The largest absolute Gasteiger partial charge is 0.547 e. The third-order valence-electron chi connectivity index (χ3n) is 4.51. The van der Waals surface area contributed by atoms with Gasteiger partial charge in [-0.3, -0.25) is 4.79 Å². The minimum atomic E-state index is -2.38. The average molecular weight is 482 g/mol. The molecule has 4 atom stereocenters. The Kier molecular flexibility index (Phi) is 12.5. The number of halogens is 1. The Bertz CT molecular complexity index is 777. The predicted molar refractivity (Wildman–Crippen MR) is 109 cm³/mol. The zero-order valence-electron chi connectivity index (χ0n) is 17.4. The van der Waals surface area contributed by atoms with E-state index in [1.54, 1.807) is 13.2 Å². The second-order valence-corrected chi connectivity index (χ2v) is 6.98. The number of nitrogens with two attached hydrogens (primary N) is 2. The number of methoxy groups -OCH3 is 2. The summed E-state index contributed by atoms with van der Waals surface area (Å²) in [6.07, 6.45) is -3.85. The lowest BCUT2D eigenvalue weighted by Gasteiger charge is -2.29. The number of carboxylic acids is 2. The minimum absolute atomic E-state index is 0. The van der Waals surface area contributed by atoms with E-state index in [4.69, 9.17) is 42.1 Å². The molecule has 14 heteroatoms. The Balaban J connectivity index is 0.000000747. The number of rotatable bonds is 7. The fourth-order valence-electron chi connectivity index (χ4n) is 2.78. The molecule has 1 aliphatic heterocycles. The molecular weight excluding hydrogens is 454 g/mol. The van der Waals surface area contributed by atoms with Crippen molar-refractivity contribution >= 4 is 35.1 Å². The number of quaternary nitrogens is 1. The molecule has 10 N–H and O–H groups in total. The van der Waals surface area contributed by atoms with E-state index in [9.17, 15) is 19.5 Å². The number of piperidine rings is 1. The summed E-state index contributed by atoms with van der Waals surface area (Å²) in [5.41, 5.74) is 6.48. The lowest BCUT2D eigenvalue weighted by atomic mass is 10.0. The number of hydrogen-bond acceptors (Lipinski definition) is 9. The highest BCUT2D eigenvalue weighted by atomic mass is 35.5. The van der Waals surface area contributed by atoms with E-state index in [1.165, 1.54) is 13.2 Å². The van der Waals surface area contributed by atoms with Crippen LogP contribution in [0.2, 0.25) is 5.02 Å². The number of nitrogen functional groups attached to an aromatic ring is 1. The van der Waals surface area contributed by atoms with Gasteiger partial charge in [-0.05, 0) is 6.07 Å². The molecule has 0 unspecified atom stereocenters. The van der Waals surface area contributed by atoms with Gasteiger partial charge in [0.1, 0.15) is 24.5 Å². The van der Waals surface area contributed by atoms with Crippen LogP contribution in [0.5, 0.6) is 5.75 Å². The van der Waals surface area contributed by atoms with Gasteiger partial charge >= 0.3 is 5.97 Å². The van der Waals surface area contributed by atoms with Gasteiger partial charge < -0.3 is 56.5 Å². The molecule has 2 rings (SSSR count). The van der Waals surface area contributed by atoms with E-state index in [0.717, 1.165) is 19.5 Å². The van der Waals surface area contributed by atoms with Gasteiger partial charge in [0.2, 0.25) is 0 Å². The highest BCUT2D eigenvalue weighted by Gasteiger charge is 2.30.